The molecule has 23 heavy (non-hydrogen) atoms. The number of benzene rings is 1. The number of carbonyl (C=O) groups is 1. The number of amides is 1. The number of rotatable bonds is 2. The molecular weight excluding hydrogens is 290 g/mol. The van der Waals surface area contributed by atoms with Crippen LogP contribution in [0.1, 0.15) is 16.1 Å². The number of fused-ring (bicyclic) bond motifs is 2. The molecule has 3 heterocycles. The Hall–Kier alpha value is -3.15. The summed E-state index contributed by atoms with van der Waals surface area (Å²) in [6.07, 6.45) is 3.77. The summed E-state index contributed by atoms with van der Waals surface area (Å²) in [5.74, 6) is -0.556. The molecule has 0 atom stereocenters. The highest BCUT2D eigenvalue weighted by Crippen LogP contribution is 2.34. The zero-order chi connectivity index (χ0) is 16.1. The van der Waals surface area contributed by atoms with Gasteiger partial charge in [0.25, 0.3) is 5.91 Å². The Morgan fingerprint density at radius 2 is 2.04 bits per heavy atom. The Morgan fingerprint density at radius 3 is 2.83 bits per heavy atom. The molecule has 6 heteroatoms. The number of aromatic nitrogens is 4. The van der Waals surface area contributed by atoms with Crippen molar-refractivity contribution in [2.24, 2.45) is 12.8 Å². The van der Waals surface area contributed by atoms with Gasteiger partial charge in [-0.3, -0.25) is 9.89 Å². The Balaban J connectivity index is 2.12. The van der Waals surface area contributed by atoms with Crippen molar-refractivity contribution in [1.29, 1.82) is 0 Å². The average molecular weight is 305 g/mol. The van der Waals surface area contributed by atoms with Crippen LogP contribution in [0.2, 0.25) is 0 Å². The number of hydrogen-bond donors (Lipinski definition) is 2. The topological polar surface area (TPSA) is 89.6 Å². The van der Waals surface area contributed by atoms with Crippen molar-refractivity contribution in [3.05, 3.63) is 47.9 Å². The van der Waals surface area contributed by atoms with Gasteiger partial charge in [0, 0.05) is 35.1 Å². The van der Waals surface area contributed by atoms with Crippen molar-refractivity contribution >= 4 is 27.8 Å². The zero-order valence-corrected chi connectivity index (χ0v) is 12.8. The molecule has 4 aromatic rings. The van der Waals surface area contributed by atoms with Crippen LogP contribution in [0.5, 0.6) is 0 Å². The van der Waals surface area contributed by atoms with Crippen LogP contribution >= 0.6 is 0 Å². The van der Waals surface area contributed by atoms with Crippen LogP contribution in [0.3, 0.4) is 0 Å². The fourth-order valence-electron chi connectivity index (χ4n) is 3.00. The minimum Gasteiger partial charge on any atom is -0.364 e. The molecule has 0 aliphatic carbocycles. The average Bonchev–Trinajstić information content (AvgIpc) is 3.10. The normalized spacial score (nSPS) is 11.4. The van der Waals surface area contributed by atoms with Crippen LogP contribution in [0.25, 0.3) is 33.1 Å². The van der Waals surface area contributed by atoms with Gasteiger partial charge in [-0.25, -0.2) is 4.98 Å². The van der Waals surface area contributed by atoms with Gasteiger partial charge >= 0.3 is 0 Å². The number of nitrogens with two attached hydrogens (primary N) is 1. The van der Waals surface area contributed by atoms with E-state index in [9.17, 15) is 4.79 Å². The lowest BCUT2D eigenvalue weighted by Crippen LogP contribution is -2.13. The van der Waals surface area contributed by atoms with Crippen molar-refractivity contribution in [3.63, 3.8) is 0 Å². The molecule has 0 bridgehead atoms. The summed E-state index contributed by atoms with van der Waals surface area (Å²) in [6, 6.07) is 8.05. The summed E-state index contributed by atoms with van der Waals surface area (Å²) >= 11 is 0. The molecule has 6 nitrogen and oxygen atoms in total. The minimum atomic E-state index is -0.556. The highest BCUT2D eigenvalue weighted by atomic mass is 16.1. The van der Waals surface area contributed by atoms with Gasteiger partial charge in [0.05, 0.1) is 6.20 Å². The number of aromatic amines is 1. The molecule has 0 aliphatic heterocycles. The number of hydrogen-bond acceptors (Lipinski definition) is 3. The van der Waals surface area contributed by atoms with Crippen molar-refractivity contribution in [2.75, 3.05) is 0 Å². The highest BCUT2D eigenvalue weighted by Gasteiger charge is 2.16. The van der Waals surface area contributed by atoms with E-state index in [0.717, 1.165) is 27.4 Å². The van der Waals surface area contributed by atoms with E-state index in [1.54, 1.807) is 12.3 Å². The number of nitrogens with zero attached hydrogens (tertiary/aromatic N) is 3. The number of nitrogens with one attached hydrogen (secondary N) is 1. The van der Waals surface area contributed by atoms with Crippen LogP contribution in [-0.4, -0.2) is 25.7 Å². The predicted molar refractivity (Wildman–Crippen MR) is 89.1 cm³/mol. The lowest BCUT2D eigenvalue weighted by Gasteiger charge is -2.04. The third-order valence-electron chi connectivity index (χ3n) is 4.11. The van der Waals surface area contributed by atoms with Crippen molar-refractivity contribution < 1.29 is 4.79 Å². The van der Waals surface area contributed by atoms with Crippen LogP contribution in [-0.2, 0) is 7.05 Å². The van der Waals surface area contributed by atoms with Gasteiger partial charge in [-0.1, -0.05) is 11.6 Å². The van der Waals surface area contributed by atoms with E-state index in [-0.39, 0.29) is 5.69 Å². The molecule has 3 aromatic heterocycles. The third-order valence-corrected chi connectivity index (χ3v) is 4.11. The van der Waals surface area contributed by atoms with E-state index in [1.165, 1.54) is 5.56 Å². The summed E-state index contributed by atoms with van der Waals surface area (Å²) in [5.41, 5.74) is 10.4. The van der Waals surface area contributed by atoms with Crippen molar-refractivity contribution in [2.45, 2.75) is 6.92 Å². The molecular formula is C17H15N5O. The maximum absolute atomic E-state index is 11.6. The Labute approximate surface area is 131 Å². The minimum absolute atomic E-state index is 0.224. The molecule has 0 aliphatic rings. The van der Waals surface area contributed by atoms with E-state index in [1.807, 2.05) is 7.05 Å². The van der Waals surface area contributed by atoms with Gasteiger partial charge in [0.1, 0.15) is 5.69 Å². The first kappa shape index (κ1) is 13.5. The maximum atomic E-state index is 11.6. The summed E-state index contributed by atoms with van der Waals surface area (Å²) in [6.45, 7) is 2.06. The second kappa shape index (κ2) is 4.67. The molecule has 0 fully saturated rings. The summed E-state index contributed by atoms with van der Waals surface area (Å²) in [5, 5.41) is 8.85. The molecule has 114 valence electrons. The molecule has 0 saturated carbocycles. The first-order valence-electron chi connectivity index (χ1n) is 7.24. The van der Waals surface area contributed by atoms with Crippen LogP contribution in [0, 0.1) is 6.92 Å². The number of pyridine rings is 1. The molecule has 0 spiro atoms. The highest BCUT2D eigenvalue weighted by molar-refractivity contribution is 6.06. The number of H-pyrrole nitrogens is 1. The second-order valence-corrected chi connectivity index (χ2v) is 5.73. The number of primary amides is 1. The Morgan fingerprint density at radius 1 is 1.22 bits per heavy atom. The lowest BCUT2D eigenvalue weighted by atomic mass is 10.0. The summed E-state index contributed by atoms with van der Waals surface area (Å²) in [4.78, 5) is 15.8. The zero-order valence-electron chi connectivity index (χ0n) is 12.8. The quantitative estimate of drug-likeness (QED) is 0.596. The monoisotopic (exact) mass is 305 g/mol. The van der Waals surface area contributed by atoms with Crippen molar-refractivity contribution in [3.8, 4) is 11.1 Å². The third kappa shape index (κ3) is 1.99. The molecule has 4 rings (SSSR count). The van der Waals surface area contributed by atoms with Crippen LogP contribution < -0.4 is 5.73 Å². The van der Waals surface area contributed by atoms with Gasteiger partial charge in [-0.2, -0.15) is 5.10 Å². The van der Waals surface area contributed by atoms with E-state index in [0.29, 0.717) is 5.65 Å². The van der Waals surface area contributed by atoms with E-state index < -0.39 is 5.91 Å². The van der Waals surface area contributed by atoms with Gasteiger partial charge in [-0.05, 0) is 30.7 Å². The predicted octanol–water partition coefficient (Wildman–Crippen LogP) is 2.52. The first-order chi connectivity index (χ1) is 11.0. The van der Waals surface area contributed by atoms with Gasteiger partial charge < -0.3 is 10.3 Å². The fourth-order valence-corrected chi connectivity index (χ4v) is 3.00. The van der Waals surface area contributed by atoms with Crippen molar-refractivity contribution in [1.82, 2.24) is 19.7 Å². The maximum Gasteiger partial charge on any atom is 0.267 e. The smallest absolute Gasteiger partial charge is 0.267 e. The molecule has 3 N–H and O–H groups in total. The lowest BCUT2D eigenvalue weighted by molar-refractivity contribution is 0.0996. The Kier molecular flexibility index (Phi) is 2.74. The molecule has 0 radical (unpaired) electrons. The summed E-state index contributed by atoms with van der Waals surface area (Å²) in [7, 11) is 2.00. The van der Waals surface area contributed by atoms with Gasteiger partial charge in [-0.15, -0.1) is 0 Å². The van der Waals surface area contributed by atoms with Gasteiger partial charge in [0.15, 0.2) is 5.65 Å². The van der Waals surface area contributed by atoms with Gasteiger partial charge in [0.2, 0.25) is 0 Å². The first-order valence-corrected chi connectivity index (χ1v) is 7.24. The van der Waals surface area contributed by atoms with Crippen LogP contribution in [0.4, 0.5) is 0 Å². The van der Waals surface area contributed by atoms with E-state index >= 15 is 0 Å². The number of carbonyl (C=O) groups excluding carboxylic acids is 1. The molecule has 0 saturated heterocycles. The molecule has 0 unspecified atom stereocenters. The fraction of sp³-hybridized carbons (Fsp3) is 0.118. The SMILES string of the molecule is Cc1ccc2c(c1)c(-c1cc(C(N)=O)nc3[nH]ncc13)cn2C. The summed E-state index contributed by atoms with van der Waals surface area (Å²) < 4.78 is 2.07. The second-order valence-electron chi connectivity index (χ2n) is 5.73. The van der Waals surface area contributed by atoms with Crippen LogP contribution in [0.15, 0.2) is 36.7 Å². The largest absolute Gasteiger partial charge is 0.364 e. The number of aryl methyl sites for hydroxylation is 2. The van der Waals surface area contributed by atoms with E-state index in [4.69, 9.17) is 5.73 Å². The standard InChI is InChI=1S/C17H15N5O/c1-9-3-4-15-11(5-9)13(8-22(15)2)10-6-14(16(18)23)20-17-12(10)7-19-21-17/h3-8H,1-2H3,(H2,18,23)(H,19,20,21). The molecule has 1 aromatic carbocycles. The van der Waals surface area contributed by atoms with E-state index in [2.05, 4.69) is 51.1 Å². The Bertz CT molecular complexity index is 1070. The molecule has 1 amide bonds.